The Morgan fingerprint density at radius 3 is 2.77 bits per heavy atom. The number of nitrogens with one attached hydrogen (secondary N) is 1. The zero-order chi connectivity index (χ0) is 21.8. The van der Waals surface area contributed by atoms with E-state index < -0.39 is 5.82 Å². The molecule has 0 atom stereocenters. The molecule has 0 radical (unpaired) electrons. The number of nitrogens with zero attached hydrogens (tertiary/aromatic N) is 3. The van der Waals surface area contributed by atoms with E-state index in [0.29, 0.717) is 32.4 Å². The molecule has 2 aromatic heterocycles. The summed E-state index contributed by atoms with van der Waals surface area (Å²) in [6, 6.07) is 6.27. The molecule has 30 heavy (non-hydrogen) atoms. The van der Waals surface area contributed by atoms with Gasteiger partial charge in [-0.1, -0.05) is 36.7 Å². The molecule has 6 nitrogen and oxygen atoms in total. The standard InChI is InChI=1S/C21H20ClFN4O2S/c1-4-12(5-2)19(28)26-21-15(10-24)11(3)18(30-21)20-25-17(27-29-20)8-13-6-7-14(23)9-16(13)22/h6-7,9,12H,4-5,8H2,1-3H3,(H,26,28). The fourth-order valence-corrected chi connectivity index (χ4v) is 4.38. The van der Waals surface area contributed by atoms with Gasteiger partial charge in [-0.2, -0.15) is 10.2 Å². The van der Waals surface area contributed by atoms with E-state index in [1.807, 2.05) is 13.8 Å². The molecule has 2 heterocycles. The van der Waals surface area contributed by atoms with Crippen LogP contribution in [0.25, 0.3) is 10.8 Å². The molecular weight excluding hydrogens is 427 g/mol. The Balaban J connectivity index is 1.87. The molecule has 0 aliphatic carbocycles. The Labute approximate surface area is 182 Å². The van der Waals surface area contributed by atoms with Gasteiger partial charge in [0, 0.05) is 17.4 Å². The lowest BCUT2D eigenvalue weighted by atomic mass is 10.0. The van der Waals surface area contributed by atoms with Crippen molar-refractivity contribution in [2.75, 3.05) is 5.32 Å². The Morgan fingerprint density at radius 2 is 2.13 bits per heavy atom. The minimum absolute atomic E-state index is 0.110. The molecule has 0 saturated carbocycles. The summed E-state index contributed by atoms with van der Waals surface area (Å²) in [4.78, 5) is 17.5. The average molecular weight is 447 g/mol. The number of anilines is 1. The monoisotopic (exact) mass is 446 g/mol. The van der Waals surface area contributed by atoms with Crippen LogP contribution in [0, 0.1) is 30.0 Å². The van der Waals surface area contributed by atoms with Gasteiger partial charge in [-0.25, -0.2) is 4.39 Å². The molecule has 0 spiro atoms. The minimum atomic E-state index is -0.418. The number of hydrogen-bond acceptors (Lipinski definition) is 6. The normalized spacial score (nSPS) is 11.0. The van der Waals surface area contributed by atoms with Gasteiger partial charge in [0.25, 0.3) is 5.89 Å². The highest BCUT2D eigenvalue weighted by atomic mass is 35.5. The first-order valence-corrected chi connectivity index (χ1v) is 10.7. The van der Waals surface area contributed by atoms with Gasteiger partial charge in [-0.15, -0.1) is 11.3 Å². The molecule has 3 aromatic rings. The highest BCUT2D eigenvalue weighted by molar-refractivity contribution is 7.20. The van der Waals surface area contributed by atoms with Crippen molar-refractivity contribution < 1.29 is 13.7 Å². The molecule has 1 amide bonds. The zero-order valence-electron chi connectivity index (χ0n) is 16.8. The van der Waals surface area contributed by atoms with Crippen LogP contribution in [-0.4, -0.2) is 16.0 Å². The van der Waals surface area contributed by atoms with E-state index >= 15 is 0 Å². The Hall–Kier alpha value is -2.76. The summed E-state index contributed by atoms with van der Waals surface area (Å²) in [5.74, 6) is -0.00390. The summed E-state index contributed by atoms with van der Waals surface area (Å²) in [7, 11) is 0. The predicted molar refractivity (Wildman–Crippen MR) is 114 cm³/mol. The highest BCUT2D eigenvalue weighted by Crippen LogP contribution is 2.39. The van der Waals surface area contributed by atoms with E-state index in [2.05, 4.69) is 21.5 Å². The van der Waals surface area contributed by atoms with E-state index in [1.165, 1.54) is 23.5 Å². The fraction of sp³-hybridized carbons (Fsp3) is 0.333. The van der Waals surface area contributed by atoms with Crippen LogP contribution >= 0.6 is 22.9 Å². The highest BCUT2D eigenvalue weighted by Gasteiger charge is 2.24. The molecule has 0 aliphatic heterocycles. The molecule has 1 N–H and O–H groups in total. The van der Waals surface area contributed by atoms with Crippen molar-refractivity contribution in [3.8, 4) is 16.8 Å². The van der Waals surface area contributed by atoms with Crippen LogP contribution in [0.5, 0.6) is 0 Å². The number of nitriles is 1. The minimum Gasteiger partial charge on any atom is -0.333 e. The van der Waals surface area contributed by atoms with Crippen molar-refractivity contribution in [2.24, 2.45) is 5.92 Å². The van der Waals surface area contributed by atoms with Crippen LogP contribution in [0.3, 0.4) is 0 Å². The van der Waals surface area contributed by atoms with Gasteiger partial charge in [-0.05, 0) is 43.0 Å². The maximum atomic E-state index is 13.2. The number of carbonyl (C=O) groups is 1. The first-order chi connectivity index (χ1) is 14.4. The van der Waals surface area contributed by atoms with Crippen LogP contribution in [0.15, 0.2) is 22.7 Å². The molecule has 156 valence electrons. The van der Waals surface area contributed by atoms with Crippen LogP contribution in [-0.2, 0) is 11.2 Å². The van der Waals surface area contributed by atoms with Gasteiger partial charge in [0.2, 0.25) is 5.91 Å². The average Bonchev–Trinajstić information content (AvgIpc) is 3.29. The van der Waals surface area contributed by atoms with Gasteiger partial charge < -0.3 is 9.84 Å². The third-order valence-corrected chi connectivity index (χ3v) is 6.42. The maximum Gasteiger partial charge on any atom is 0.268 e. The van der Waals surface area contributed by atoms with Gasteiger partial charge in [0.1, 0.15) is 16.9 Å². The Bertz CT molecular complexity index is 1110. The van der Waals surface area contributed by atoms with Crippen LogP contribution in [0.4, 0.5) is 9.39 Å². The second kappa shape index (κ2) is 9.37. The van der Waals surface area contributed by atoms with Gasteiger partial charge in [-0.3, -0.25) is 4.79 Å². The third-order valence-electron chi connectivity index (χ3n) is 4.88. The lowest BCUT2D eigenvalue weighted by molar-refractivity contribution is -0.120. The largest absolute Gasteiger partial charge is 0.333 e. The summed E-state index contributed by atoms with van der Waals surface area (Å²) in [6.07, 6.45) is 1.72. The van der Waals surface area contributed by atoms with Gasteiger partial charge >= 0.3 is 0 Å². The number of carbonyl (C=O) groups excluding carboxylic acids is 1. The maximum absolute atomic E-state index is 13.2. The van der Waals surface area contributed by atoms with E-state index in [9.17, 15) is 14.4 Å². The quantitative estimate of drug-likeness (QED) is 0.499. The second-order valence-corrected chi connectivity index (χ2v) is 8.23. The summed E-state index contributed by atoms with van der Waals surface area (Å²) in [6.45, 7) is 5.69. The number of rotatable bonds is 7. The summed E-state index contributed by atoms with van der Waals surface area (Å²) in [5, 5.41) is 17.2. The molecule has 1 aromatic carbocycles. The molecule has 9 heteroatoms. The molecule has 0 fully saturated rings. The van der Waals surface area contributed by atoms with Crippen LogP contribution in [0.2, 0.25) is 5.02 Å². The summed E-state index contributed by atoms with van der Waals surface area (Å²) < 4.78 is 18.6. The van der Waals surface area contributed by atoms with Crippen molar-refractivity contribution in [3.63, 3.8) is 0 Å². The topological polar surface area (TPSA) is 91.8 Å². The first kappa shape index (κ1) is 21.9. The number of halogens is 2. The SMILES string of the molecule is CCC(CC)C(=O)Nc1sc(-c2nc(Cc3ccc(F)cc3Cl)no2)c(C)c1C#N. The number of hydrogen-bond donors (Lipinski definition) is 1. The Kier molecular flexibility index (Phi) is 6.85. The second-order valence-electron chi connectivity index (χ2n) is 6.80. The van der Waals surface area contributed by atoms with E-state index in [-0.39, 0.29) is 29.2 Å². The van der Waals surface area contributed by atoms with Crippen molar-refractivity contribution in [1.82, 2.24) is 10.1 Å². The van der Waals surface area contributed by atoms with E-state index in [1.54, 1.807) is 13.0 Å². The summed E-state index contributed by atoms with van der Waals surface area (Å²) >= 11 is 7.30. The van der Waals surface area contributed by atoms with E-state index in [4.69, 9.17) is 16.1 Å². The molecular formula is C21H20ClFN4O2S. The first-order valence-electron chi connectivity index (χ1n) is 9.49. The van der Waals surface area contributed by atoms with Crippen molar-refractivity contribution in [2.45, 2.75) is 40.0 Å². The molecule has 0 aliphatic rings. The number of aromatic nitrogens is 2. The smallest absolute Gasteiger partial charge is 0.268 e. The van der Waals surface area contributed by atoms with Crippen LogP contribution in [0.1, 0.15) is 49.2 Å². The zero-order valence-corrected chi connectivity index (χ0v) is 18.3. The Morgan fingerprint density at radius 1 is 1.40 bits per heavy atom. The molecule has 0 unspecified atom stereocenters. The van der Waals surface area contributed by atoms with Gasteiger partial charge in [0.05, 0.1) is 10.4 Å². The number of thiophene rings is 1. The van der Waals surface area contributed by atoms with E-state index in [0.717, 1.165) is 12.8 Å². The molecule has 0 bridgehead atoms. The van der Waals surface area contributed by atoms with Crippen LogP contribution < -0.4 is 5.32 Å². The van der Waals surface area contributed by atoms with Crippen molar-refractivity contribution in [1.29, 1.82) is 5.26 Å². The molecule has 3 rings (SSSR count). The summed E-state index contributed by atoms with van der Waals surface area (Å²) in [5.41, 5.74) is 1.72. The predicted octanol–water partition coefficient (Wildman–Crippen LogP) is 5.74. The lowest BCUT2D eigenvalue weighted by Gasteiger charge is -2.11. The third kappa shape index (κ3) is 4.53. The van der Waals surface area contributed by atoms with Gasteiger partial charge in [0.15, 0.2) is 5.82 Å². The van der Waals surface area contributed by atoms with Crippen molar-refractivity contribution in [3.05, 3.63) is 51.6 Å². The lowest BCUT2D eigenvalue weighted by Crippen LogP contribution is -2.21. The fourth-order valence-electron chi connectivity index (χ4n) is 3.07. The van der Waals surface area contributed by atoms with Crippen molar-refractivity contribution >= 4 is 33.8 Å². The molecule has 0 saturated heterocycles. The number of benzene rings is 1. The number of amides is 1.